The predicted octanol–water partition coefficient (Wildman–Crippen LogP) is 4.98. The highest BCUT2D eigenvalue weighted by Gasteiger charge is 2.18. The van der Waals surface area contributed by atoms with Crippen LogP contribution in [0.4, 0.5) is 5.69 Å². The van der Waals surface area contributed by atoms with Crippen molar-refractivity contribution in [1.29, 1.82) is 0 Å². The molecule has 2 aromatic carbocycles. The first-order valence-corrected chi connectivity index (χ1v) is 10.6. The normalized spacial score (nSPS) is 11.0. The van der Waals surface area contributed by atoms with Crippen LogP contribution in [0.1, 0.15) is 0 Å². The Labute approximate surface area is 186 Å². The average molecular weight is 444 g/mol. The molecule has 0 bridgehead atoms. The quantitative estimate of drug-likeness (QED) is 0.278. The molecule has 3 heterocycles. The van der Waals surface area contributed by atoms with Gasteiger partial charge in [-0.05, 0) is 47.2 Å². The van der Waals surface area contributed by atoms with Crippen molar-refractivity contribution in [2.75, 3.05) is 11.1 Å². The van der Waals surface area contributed by atoms with E-state index in [2.05, 4.69) is 20.5 Å². The number of nitrogens with zero attached hydrogens (tertiary/aromatic N) is 3. The molecule has 2 N–H and O–H groups in total. The molecule has 0 aliphatic heterocycles. The van der Waals surface area contributed by atoms with Gasteiger partial charge < -0.3 is 19.3 Å². The summed E-state index contributed by atoms with van der Waals surface area (Å²) in [6.07, 6.45) is 3.08. The number of aromatic hydroxyl groups is 1. The number of phenols is 1. The predicted molar refractivity (Wildman–Crippen MR) is 120 cm³/mol. The number of hydrogen-bond donors (Lipinski definition) is 2. The maximum absolute atomic E-state index is 12.5. The Hall–Kier alpha value is -4.11. The molecule has 9 heteroatoms. The van der Waals surface area contributed by atoms with Gasteiger partial charge in [0.2, 0.25) is 11.1 Å². The zero-order chi connectivity index (χ0) is 21.9. The molecule has 0 aliphatic carbocycles. The van der Waals surface area contributed by atoms with Crippen LogP contribution in [0.25, 0.3) is 33.7 Å². The minimum absolute atomic E-state index is 0.00266. The molecule has 3 aromatic heterocycles. The number of carbonyl (C=O) groups is 1. The van der Waals surface area contributed by atoms with E-state index in [1.54, 1.807) is 42.7 Å². The standard InChI is InChI=1S/C23H16N4O4S/c28-17-12-15-6-2-1-5-14(15)11-16(17)24-20(29)13-32-23-25-21(18-7-3-9-30-18)22(26-27-23)19-8-4-10-31-19/h1-12,28H,13H2,(H,24,29). The lowest BCUT2D eigenvalue weighted by atomic mass is 10.1. The minimum Gasteiger partial charge on any atom is -0.506 e. The SMILES string of the molecule is O=C(CSc1nnc(-c2ccco2)c(-c2ccco2)n1)Nc1cc2ccccc2cc1O. The first-order valence-electron chi connectivity index (χ1n) is 9.64. The molecule has 1 amide bonds. The Morgan fingerprint density at radius 2 is 1.59 bits per heavy atom. The van der Waals surface area contributed by atoms with Crippen molar-refractivity contribution in [3.63, 3.8) is 0 Å². The van der Waals surface area contributed by atoms with E-state index in [4.69, 9.17) is 8.83 Å². The summed E-state index contributed by atoms with van der Waals surface area (Å²) >= 11 is 1.12. The van der Waals surface area contributed by atoms with Crippen molar-refractivity contribution in [1.82, 2.24) is 15.2 Å². The van der Waals surface area contributed by atoms with E-state index in [1.165, 1.54) is 6.26 Å². The third-order valence-electron chi connectivity index (χ3n) is 4.65. The second-order valence-corrected chi connectivity index (χ2v) is 7.74. The number of anilines is 1. The Morgan fingerprint density at radius 3 is 2.28 bits per heavy atom. The van der Waals surface area contributed by atoms with Gasteiger partial charge in [-0.2, -0.15) is 0 Å². The molecule has 0 aliphatic rings. The third kappa shape index (κ3) is 4.06. The molecule has 0 saturated heterocycles. The maximum Gasteiger partial charge on any atom is 0.234 e. The lowest BCUT2D eigenvalue weighted by molar-refractivity contribution is -0.113. The van der Waals surface area contributed by atoms with E-state index in [0.29, 0.717) is 33.8 Å². The lowest BCUT2D eigenvalue weighted by Gasteiger charge is -2.09. The molecule has 8 nitrogen and oxygen atoms in total. The molecule has 0 fully saturated rings. The van der Waals surface area contributed by atoms with Gasteiger partial charge in [-0.25, -0.2) is 4.98 Å². The minimum atomic E-state index is -0.307. The van der Waals surface area contributed by atoms with Crippen LogP contribution in [0.2, 0.25) is 0 Å². The van der Waals surface area contributed by atoms with Gasteiger partial charge in [-0.3, -0.25) is 4.79 Å². The number of carbonyl (C=O) groups excluding carboxylic acids is 1. The summed E-state index contributed by atoms with van der Waals surface area (Å²) in [4.78, 5) is 17.0. The van der Waals surface area contributed by atoms with Crippen molar-refractivity contribution in [2.24, 2.45) is 0 Å². The number of benzene rings is 2. The van der Waals surface area contributed by atoms with Gasteiger partial charge in [-0.15, -0.1) is 10.2 Å². The van der Waals surface area contributed by atoms with Gasteiger partial charge in [0.1, 0.15) is 11.4 Å². The summed E-state index contributed by atoms with van der Waals surface area (Å²) in [6, 6.07) is 18.0. The number of nitrogens with one attached hydrogen (secondary N) is 1. The van der Waals surface area contributed by atoms with Crippen LogP contribution in [0, 0.1) is 0 Å². The molecular formula is C23H16N4O4S. The lowest BCUT2D eigenvalue weighted by Crippen LogP contribution is -2.14. The molecule has 0 unspecified atom stereocenters. The van der Waals surface area contributed by atoms with E-state index >= 15 is 0 Å². The second kappa shape index (κ2) is 8.56. The second-order valence-electron chi connectivity index (χ2n) is 6.80. The zero-order valence-electron chi connectivity index (χ0n) is 16.6. The van der Waals surface area contributed by atoms with Crippen LogP contribution in [0.15, 0.2) is 87.2 Å². The zero-order valence-corrected chi connectivity index (χ0v) is 17.4. The summed E-state index contributed by atoms with van der Waals surface area (Å²) in [7, 11) is 0. The highest BCUT2D eigenvalue weighted by molar-refractivity contribution is 7.99. The van der Waals surface area contributed by atoms with Crippen LogP contribution < -0.4 is 5.32 Å². The number of hydrogen-bond acceptors (Lipinski definition) is 8. The topological polar surface area (TPSA) is 114 Å². The Kier molecular flexibility index (Phi) is 5.30. The van der Waals surface area contributed by atoms with Gasteiger partial charge in [0.25, 0.3) is 0 Å². The largest absolute Gasteiger partial charge is 0.506 e. The summed E-state index contributed by atoms with van der Waals surface area (Å²) < 4.78 is 10.9. The Bertz CT molecular complexity index is 1380. The third-order valence-corrected chi connectivity index (χ3v) is 5.48. The van der Waals surface area contributed by atoms with Crippen LogP contribution in [-0.2, 0) is 4.79 Å². The summed E-state index contributed by atoms with van der Waals surface area (Å²) in [5.41, 5.74) is 1.26. The summed E-state index contributed by atoms with van der Waals surface area (Å²) in [6.45, 7) is 0. The molecular weight excluding hydrogens is 428 g/mol. The smallest absolute Gasteiger partial charge is 0.234 e. The molecule has 0 radical (unpaired) electrons. The van der Waals surface area contributed by atoms with Gasteiger partial charge in [0.05, 0.1) is 24.0 Å². The van der Waals surface area contributed by atoms with Gasteiger partial charge in [-0.1, -0.05) is 36.0 Å². The fourth-order valence-electron chi connectivity index (χ4n) is 3.18. The van der Waals surface area contributed by atoms with E-state index in [-0.39, 0.29) is 17.4 Å². The van der Waals surface area contributed by atoms with Crippen molar-refractivity contribution in [3.8, 4) is 28.7 Å². The van der Waals surface area contributed by atoms with E-state index in [1.807, 2.05) is 24.3 Å². The number of rotatable bonds is 6. The first-order chi connectivity index (χ1) is 15.7. The maximum atomic E-state index is 12.5. The molecule has 0 spiro atoms. The number of fused-ring (bicyclic) bond motifs is 1. The molecule has 158 valence electrons. The molecule has 0 atom stereocenters. The fraction of sp³-hybridized carbons (Fsp3) is 0.0435. The van der Waals surface area contributed by atoms with Crippen molar-refractivity contribution < 1.29 is 18.7 Å². The average Bonchev–Trinajstić information content (AvgIpc) is 3.52. The Balaban J connectivity index is 1.33. The molecule has 5 aromatic rings. The van der Waals surface area contributed by atoms with E-state index in [9.17, 15) is 9.90 Å². The van der Waals surface area contributed by atoms with Gasteiger partial charge in [0.15, 0.2) is 17.2 Å². The van der Waals surface area contributed by atoms with Crippen molar-refractivity contribution in [3.05, 3.63) is 73.2 Å². The number of amides is 1. The van der Waals surface area contributed by atoms with E-state index < -0.39 is 0 Å². The Morgan fingerprint density at radius 1 is 0.906 bits per heavy atom. The van der Waals surface area contributed by atoms with Gasteiger partial charge in [0, 0.05) is 0 Å². The summed E-state index contributed by atoms with van der Waals surface area (Å²) in [5, 5.41) is 23.4. The first kappa shape index (κ1) is 19.8. The highest BCUT2D eigenvalue weighted by Crippen LogP contribution is 2.31. The highest BCUT2D eigenvalue weighted by atomic mass is 32.2. The number of furan rings is 2. The molecule has 32 heavy (non-hydrogen) atoms. The van der Waals surface area contributed by atoms with Crippen molar-refractivity contribution in [2.45, 2.75) is 5.16 Å². The monoisotopic (exact) mass is 444 g/mol. The van der Waals surface area contributed by atoms with E-state index in [0.717, 1.165) is 22.5 Å². The molecule has 5 rings (SSSR count). The summed E-state index contributed by atoms with van der Waals surface area (Å²) in [5.74, 6) is 0.754. The van der Waals surface area contributed by atoms with Gasteiger partial charge >= 0.3 is 0 Å². The number of phenolic OH excluding ortho intramolecular Hbond substituents is 1. The van der Waals surface area contributed by atoms with Crippen LogP contribution in [0.3, 0.4) is 0 Å². The molecule has 0 saturated carbocycles. The fourth-order valence-corrected chi connectivity index (χ4v) is 3.77. The van der Waals surface area contributed by atoms with Crippen LogP contribution in [-0.4, -0.2) is 31.9 Å². The van der Waals surface area contributed by atoms with Crippen LogP contribution in [0.5, 0.6) is 5.75 Å². The number of aromatic nitrogens is 3. The van der Waals surface area contributed by atoms with Crippen LogP contribution >= 0.6 is 11.8 Å². The van der Waals surface area contributed by atoms with Crippen molar-refractivity contribution >= 4 is 34.1 Å². The number of thioether (sulfide) groups is 1.